The summed E-state index contributed by atoms with van der Waals surface area (Å²) in [5, 5.41) is 0. The quantitative estimate of drug-likeness (QED) is 0.262. The van der Waals surface area contributed by atoms with E-state index in [1.165, 1.54) is 5.56 Å². The maximum absolute atomic E-state index is 5.54. The summed E-state index contributed by atoms with van der Waals surface area (Å²) in [7, 11) is 1.96. The molecule has 0 heterocycles. The molecule has 0 bridgehead atoms. The van der Waals surface area contributed by atoms with Gasteiger partial charge in [-0.3, -0.25) is 10.4 Å². The number of nitrogens with one attached hydrogen (secondary N) is 1. The highest BCUT2D eigenvalue weighted by Gasteiger charge is 2.05. The van der Waals surface area contributed by atoms with Crippen LogP contribution in [0.5, 0.6) is 0 Å². The fourth-order valence-corrected chi connectivity index (χ4v) is 2.20. The van der Waals surface area contributed by atoms with E-state index in [0.29, 0.717) is 12.5 Å². The summed E-state index contributed by atoms with van der Waals surface area (Å²) in [5.74, 6) is 6.22. The van der Waals surface area contributed by atoms with Gasteiger partial charge in [0.1, 0.15) is 0 Å². The number of aliphatic imine (C=N–C) groups is 1. The molecule has 1 aromatic carbocycles. The van der Waals surface area contributed by atoms with Crippen LogP contribution in [-0.4, -0.2) is 37.7 Å². The summed E-state index contributed by atoms with van der Waals surface area (Å²) in [6.07, 6.45) is 0.893. The van der Waals surface area contributed by atoms with E-state index in [1.807, 2.05) is 31.0 Å². The first-order valence-electron chi connectivity index (χ1n) is 6.71. The zero-order chi connectivity index (χ0) is 14.8. The van der Waals surface area contributed by atoms with E-state index in [4.69, 9.17) is 10.6 Å². The second-order valence-electron chi connectivity index (χ2n) is 4.39. The molecule has 0 saturated heterocycles. The highest BCUT2D eigenvalue weighted by molar-refractivity contribution is 9.10. The third kappa shape index (κ3) is 6.36. The summed E-state index contributed by atoms with van der Waals surface area (Å²) in [5.41, 5.74) is 3.84. The number of hydrazine groups is 1. The number of guanidine groups is 1. The van der Waals surface area contributed by atoms with Crippen LogP contribution in [-0.2, 0) is 11.3 Å². The normalized spacial score (nSPS) is 11.5. The zero-order valence-electron chi connectivity index (χ0n) is 12.1. The van der Waals surface area contributed by atoms with E-state index < -0.39 is 0 Å². The number of nitrogens with zero attached hydrogens (tertiary/aromatic N) is 2. The molecule has 1 rings (SSSR count). The fourth-order valence-electron chi connectivity index (χ4n) is 1.76. The van der Waals surface area contributed by atoms with E-state index in [2.05, 4.69) is 38.5 Å². The Labute approximate surface area is 129 Å². The minimum atomic E-state index is 0.682. The molecule has 0 unspecified atom stereocenters. The summed E-state index contributed by atoms with van der Waals surface area (Å²) in [4.78, 5) is 6.44. The molecular formula is C14H23BrN4O. The Morgan fingerprint density at radius 3 is 2.95 bits per heavy atom. The molecule has 0 atom stereocenters. The lowest BCUT2D eigenvalue weighted by Gasteiger charge is -2.20. The van der Waals surface area contributed by atoms with Crippen molar-refractivity contribution in [2.24, 2.45) is 10.8 Å². The van der Waals surface area contributed by atoms with Crippen LogP contribution in [0.3, 0.4) is 0 Å². The Hall–Kier alpha value is -1.11. The molecule has 0 spiro atoms. The van der Waals surface area contributed by atoms with Gasteiger partial charge in [-0.2, -0.15) is 0 Å². The maximum atomic E-state index is 5.54. The summed E-state index contributed by atoms with van der Waals surface area (Å²) < 4.78 is 6.35. The van der Waals surface area contributed by atoms with E-state index in [9.17, 15) is 0 Å². The van der Waals surface area contributed by atoms with Gasteiger partial charge >= 0.3 is 0 Å². The average Bonchev–Trinajstić information content (AvgIpc) is 2.42. The van der Waals surface area contributed by atoms with Gasteiger partial charge in [0.15, 0.2) is 0 Å². The van der Waals surface area contributed by atoms with Crippen molar-refractivity contribution in [2.45, 2.75) is 19.9 Å². The summed E-state index contributed by atoms with van der Waals surface area (Å²) >= 11 is 3.47. The summed E-state index contributed by atoms with van der Waals surface area (Å²) in [6.45, 7) is 4.90. The largest absolute Gasteiger partial charge is 0.382 e. The average molecular weight is 343 g/mol. The van der Waals surface area contributed by atoms with Gasteiger partial charge in [0.05, 0.1) is 0 Å². The first kappa shape index (κ1) is 16.9. The van der Waals surface area contributed by atoms with Gasteiger partial charge in [-0.15, -0.1) is 0 Å². The standard InChI is InChI=1S/C14H23BrN4O/c1-3-20-9-5-8-17-14(18-16)19(2)11-12-6-4-7-13(15)10-12/h4,6-7,10H,3,5,8-9,11,16H2,1-2H3,(H,17,18). The number of nitrogens with two attached hydrogens (primary N) is 1. The Bertz CT molecular complexity index is 425. The van der Waals surface area contributed by atoms with Gasteiger partial charge in [0.25, 0.3) is 0 Å². The van der Waals surface area contributed by atoms with Crippen LogP contribution in [0.1, 0.15) is 18.9 Å². The molecule has 1 aromatic rings. The lowest BCUT2D eigenvalue weighted by Crippen LogP contribution is -2.42. The fraction of sp³-hybridized carbons (Fsp3) is 0.500. The smallest absolute Gasteiger partial charge is 0.208 e. The molecule has 0 aliphatic heterocycles. The SMILES string of the molecule is CCOCCCN=C(NN)N(C)Cc1cccc(Br)c1. The second kappa shape index (κ2) is 9.74. The first-order valence-corrected chi connectivity index (χ1v) is 7.51. The number of benzene rings is 1. The van der Waals surface area contributed by atoms with Gasteiger partial charge in [-0.05, 0) is 31.0 Å². The van der Waals surface area contributed by atoms with E-state index in [-0.39, 0.29) is 0 Å². The number of halogens is 1. The van der Waals surface area contributed by atoms with E-state index >= 15 is 0 Å². The van der Waals surface area contributed by atoms with Gasteiger partial charge < -0.3 is 9.64 Å². The van der Waals surface area contributed by atoms with Crippen molar-refractivity contribution in [2.75, 3.05) is 26.8 Å². The topological polar surface area (TPSA) is 62.9 Å². The third-order valence-electron chi connectivity index (χ3n) is 2.71. The molecule has 0 amide bonds. The van der Waals surface area contributed by atoms with Crippen molar-refractivity contribution in [3.05, 3.63) is 34.3 Å². The maximum Gasteiger partial charge on any atom is 0.208 e. The Kier molecular flexibility index (Phi) is 8.25. The Balaban J connectivity index is 2.49. The predicted octanol–water partition coefficient (Wildman–Crippen LogP) is 2.13. The minimum Gasteiger partial charge on any atom is -0.382 e. The van der Waals surface area contributed by atoms with Crippen molar-refractivity contribution in [1.82, 2.24) is 10.3 Å². The summed E-state index contributed by atoms with van der Waals surface area (Å²) in [6, 6.07) is 8.18. The van der Waals surface area contributed by atoms with Crippen LogP contribution in [0.4, 0.5) is 0 Å². The van der Waals surface area contributed by atoms with Gasteiger partial charge in [0, 0.05) is 37.8 Å². The van der Waals surface area contributed by atoms with Crippen molar-refractivity contribution in [3.63, 3.8) is 0 Å². The molecule has 5 nitrogen and oxygen atoms in total. The molecule has 0 radical (unpaired) electrons. The van der Waals surface area contributed by atoms with E-state index in [0.717, 1.165) is 30.7 Å². The van der Waals surface area contributed by atoms with Crippen molar-refractivity contribution < 1.29 is 4.74 Å². The minimum absolute atomic E-state index is 0.682. The molecule has 3 N–H and O–H groups in total. The van der Waals surface area contributed by atoms with Gasteiger partial charge in [-0.1, -0.05) is 28.1 Å². The van der Waals surface area contributed by atoms with Crippen LogP contribution in [0.25, 0.3) is 0 Å². The molecule has 0 aromatic heterocycles. The van der Waals surface area contributed by atoms with Crippen LogP contribution in [0.2, 0.25) is 0 Å². The Morgan fingerprint density at radius 2 is 2.30 bits per heavy atom. The van der Waals surface area contributed by atoms with Crippen molar-refractivity contribution in [3.8, 4) is 0 Å². The van der Waals surface area contributed by atoms with Crippen molar-refractivity contribution >= 4 is 21.9 Å². The first-order chi connectivity index (χ1) is 9.67. The van der Waals surface area contributed by atoms with Gasteiger partial charge in [0.2, 0.25) is 5.96 Å². The molecule has 112 valence electrons. The third-order valence-corrected chi connectivity index (χ3v) is 3.21. The van der Waals surface area contributed by atoms with Crippen LogP contribution >= 0.6 is 15.9 Å². The molecule has 0 aliphatic rings. The van der Waals surface area contributed by atoms with Crippen LogP contribution < -0.4 is 11.3 Å². The highest BCUT2D eigenvalue weighted by atomic mass is 79.9. The molecule has 0 saturated carbocycles. The van der Waals surface area contributed by atoms with E-state index in [1.54, 1.807) is 0 Å². The zero-order valence-corrected chi connectivity index (χ0v) is 13.7. The number of hydrogen-bond donors (Lipinski definition) is 2. The van der Waals surface area contributed by atoms with Crippen molar-refractivity contribution in [1.29, 1.82) is 0 Å². The van der Waals surface area contributed by atoms with Crippen LogP contribution in [0.15, 0.2) is 33.7 Å². The Morgan fingerprint density at radius 1 is 1.50 bits per heavy atom. The number of rotatable bonds is 7. The number of ether oxygens (including phenoxy) is 1. The second-order valence-corrected chi connectivity index (χ2v) is 5.30. The number of hydrogen-bond acceptors (Lipinski definition) is 3. The lowest BCUT2D eigenvalue weighted by atomic mass is 10.2. The molecular weight excluding hydrogens is 320 g/mol. The van der Waals surface area contributed by atoms with Crippen LogP contribution in [0, 0.1) is 0 Å². The highest BCUT2D eigenvalue weighted by Crippen LogP contribution is 2.12. The monoisotopic (exact) mass is 342 g/mol. The molecule has 0 fully saturated rings. The lowest BCUT2D eigenvalue weighted by molar-refractivity contribution is 0.146. The van der Waals surface area contributed by atoms with Gasteiger partial charge in [-0.25, -0.2) is 5.84 Å². The molecule has 0 aliphatic carbocycles. The predicted molar refractivity (Wildman–Crippen MR) is 86.3 cm³/mol. The molecule has 20 heavy (non-hydrogen) atoms. The molecule has 6 heteroatoms.